The molecule has 0 radical (unpaired) electrons. The Labute approximate surface area is 126 Å². The number of carbonyl (C=O) groups is 1. The molecule has 1 amide bonds. The zero-order chi connectivity index (χ0) is 14.5. The fourth-order valence-electron chi connectivity index (χ4n) is 4.95. The molecule has 1 atom stereocenters. The summed E-state index contributed by atoms with van der Waals surface area (Å²) in [7, 11) is 1.68. The number of benzene rings is 1. The lowest BCUT2D eigenvalue weighted by molar-refractivity contribution is -0.117. The van der Waals surface area contributed by atoms with E-state index in [1.54, 1.807) is 7.11 Å². The highest BCUT2D eigenvalue weighted by Gasteiger charge is 2.72. The molecule has 2 saturated carbocycles. The SMILES string of the molecule is COc1ccc(N2C(=O)CCC23CC32CCCCC2)cc1. The van der Waals surface area contributed by atoms with Crippen molar-refractivity contribution in [1.29, 1.82) is 0 Å². The van der Waals surface area contributed by atoms with E-state index < -0.39 is 0 Å². The Morgan fingerprint density at radius 3 is 2.43 bits per heavy atom. The number of methoxy groups -OCH3 is 1. The summed E-state index contributed by atoms with van der Waals surface area (Å²) in [4.78, 5) is 14.6. The summed E-state index contributed by atoms with van der Waals surface area (Å²) >= 11 is 0. The Kier molecular flexibility index (Phi) is 2.82. The number of carbonyl (C=O) groups excluding carboxylic acids is 1. The van der Waals surface area contributed by atoms with Crippen LogP contribution in [0.4, 0.5) is 5.69 Å². The van der Waals surface area contributed by atoms with E-state index in [0.717, 1.165) is 17.9 Å². The normalized spacial score (nSPS) is 30.1. The summed E-state index contributed by atoms with van der Waals surface area (Å²) in [5.41, 5.74) is 1.62. The van der Waals surface area contributed by atoms with E-state index in [2.05, 4.69) is 4.90 Å². The number of amides is 1. The van der Waals surface area contributed by atoms with Gasteiger partial charge in [0.1, 0.15) is 5.75 Å². The van der Waals surface area contributed by atoms with Crippen LogP contribution in [0.15, 0.2) is 24.3 Å². The van der Waals surface area contributed by atoms with Gasteiger partial charge in [-0.05, 0) is 55.4 Å². The molecule has 0 N–H and O–H groups in total. The van der Waals surface area contributed by atoms with Gasteiger partial charge in [-0.3, -0.25) is 4.79 Å². The standard InChI is InChI=1S/C18H23NO2/c1-21-15-7-5-14(6-8-15)19-16(20)9-12-18(19)13-17(18)10-3-2-4-11-17/h5-8H,2-4,9-13H2,1H3. The average Bonchev–Trinajstić information content (AvgIpc) is 2.98. The molecule has 3 fully saturated rings. The van der Waals surface area contributed by atoms with Gasteiger partial charge < -0.3 is 9.64 Å². The second kappa shape index (κ2) is 4.49. The van der Waals surface area contributed by atoms with E-state index in [9.17, 15) is 4.79 Å². The Morgan fingerprint density at radius 2 is 1.76 bits per heavy atom. The lowest BCUT2D eigenvalue weighted by Crippen LogP contribution is -2.40. The Hall–Kier alpha value is -1.51. The molecule has 3 aliphatic rings. The fraction of sp³-hybridized carbons (Fsp3) is 0.611. The maximum absolute atomic E-state index is 12.5. The van der Waals surface area contributed by atoms with Gasteiger partial charge in [-0.15, -0.1) is 0 Å². The maximum atomic E-state index is 12.5. The van der Waals surface area contributed by atoms with Crippen LogP contribution in [0.25, 0.3) is 0 Å². The van der Waals surface area contributed by atoms with E-state index in [0.29, 0.717) is 17.7 Å². The number of hydrogen-bond donors (Lipinski definition) is 0. The third-order valence-electron chi connectivity index (χ3n) is 6.06. The molecular formula is C18H23NO2. The highest BCUT2D eigenvalue weighted by molar-refractivity contribution is 5.98. The number of fused-ring (bicyclic) bond motifs is 1. The zero-order valence-electron chi connectivity index (χ0n) is 12.7. The molecule has 3 nitrogen and oxygen atoms in total. The molecule has 1 heterocycles. The first-order chi connectivity index (χ1) is 10.2. The molecule has 1 aromatic rings. The van der Waals surface area contributed by atoms with Crippen molar-refractivity contribution in [1.82, 2.24) is 0 Å². The molecule has 2 spiro atoms. The predicted octanol–water partition coefficient (Wildman–Crippen LogP) is 3.92. The minimum absolute atomic E-state index is 0.138. The Morgan fingerprint density at radius 1 is 1.05 bits per heavy atom. The van der Waals surface area contributed by atoms with E-state index in [-0.39, 0.29) is 5.54 Å². The highest BCUT2D eigenvalue weighted by Crippen LogP contribution is 2.71. The summed E-state index contributed by atoms with van der Waals surface area (Å²) in [6, 6.07) is 8.01. The Bertz CT molecular complexity index is 559. The van der Waals surface area contributed by atoms with Gasteiger partial charge in [-0.2, -0.15) is 0 Å². The number of anilines is 1. The predicted molar refractivity (Wildman–Crippen MR) is 82.6 cm³/mol. The molecule has 1 aromatic carbocycles. The average molecular weight is 285 g/mol. The Balaban J connectivity index is 1.67. The van der Waals surface area contributed by atoms with Gasteiger partial charge in [0.05, 0.1) is 12.6 Å². The van der Waals surface area contributed by atoms with Crippen molar-refractivity contribution < 1.29 is 9.53 Å². The molecule has 0 bridgehead atoms. The second-order valence-corrected chi connectivity index (χ2v) is 6.98. The first-order valence-corrected chi connectivity index (χ1v) is 8.18. The minimum Gasteiger partial charge on any atom is -0.497 e. The van der Waals surface area contributed by atoms with Crippen LogP contribution < -0.4 is 9.64 Å². The minimum atomic E-state index is 0.138. The first-order valence-electron chi connectivity index (χ1n) is 8.18. The van der Waals surface area contributed by atoms with E-state index in [4.69, 9.17) is 4.74 Å². The topological polar surface area (TPSA) is 29.5 Å². The molecule has 3 heteroatoms. The van der Waals surface area contributed by atoms with Gasteiger partial charge in [-0.25, -0.2) is 0 Å². The summed E-state index contributed by atoms with van der Waals surface area (Å²) in [6.07, 6.45) is 9.66. The molecule has 4 rings (SSSR count). The van der Waals surface area contributed by atoms with Crippen molar-refractivity contribution >= 4 is 11.6 Å². The van der Waals surface area contributed by atoms with Crippen molar-refractivity contribution in [3.63, 3.8) is 0 Å². The lowest BCUT2D eigenvalue weighted by atomic mass is 9.81. The molecule has 0 aromatic heterocycles. The van der Waals surface area contributed by atoms with Crippen molar-refractivity contribution in [3.8, 4) is 5.75 Å². The monoisotopic (exact) mass is 285 g/mol. The molecule has 1 saturated heterocycles. The third-order valence-corrected chi connectivity index (χ3v) is 6.06. The van der Waals surface area contributed by atoms with E-state index >= 15 is 0 Å². The zero-order valence-corrected chi connectivity index (χ0v) is 12.7. The lowest BCUT2D eigenvalue weighted by Gasteiger charge is -2.33. The van der Waals surface area contributed by atoms with Gasteiger partial charge in [0.2, 0.25) is 5.91 Å². The molecular weight excluding hydrogens is 262 g/mol. The molecule has 2 aliphatic carbocycles. The van der Waals surface area contributed by atoms with Crippen LogP contribution in [0.2, 0.25) is 0 Å². The molecule has 1 unspecified atom stereocenters. The maximum Gasteiger partial charge on any atom is 0.227 e. The van der Waals surface area contributed by atoms with Crippen molar-refractivity contribution in [2.45, 2.75) is 56.9 Å². The summed E-state index contributed by atoms with van der Waals surface area (Å²) in [6.45, 7) is 0. The van der Waals surface area contributed by atoms with Crippen molar-refractivity contribution in [3.05, 3.63) is 24.3 Å². The quantitative estimate of drug-likeness (QED) is 0.824. The van der Waals surface area contributed by atoms with Crippen molar-refractivity contribution in [2.75, 3.05) is 12.0 Å². The van der Waals surface area contributed by atoms with Gasteiger partial charge >= 0.3 is 0 Å². The smallest absolute Gasteiger partial charge is 0.227 e. The van der Waals surface area contributed by atoms with E-state index in [1.165, 1.54) is 38.5 Å². The summed E-state index contributed by atoms with van der Waals surface area (Å²) < 4.78 is 5.23. The van der Waals surface area contributed by atoms with Crippen LogP contribution in [-0.2, 0) is 4.79 Å². The first kappa shape index (κ1) is 13.2. The number of nitrogens with zero attached hydrogens (tertiary/aromatic N) is 1. The summed E-state index contributed by atoms with van der Waals surface area (Å²) in [5, 5.41) is 0. The number of rotatable bonds is 2. The number of hydrogen-bond acceptors (Lipinski definition) is 2. The van der Waals surface area contributed by atoms with Crippen LogP contribution in [0.3, 0.4) is 0 Å². The van der Waals surface area contributed by atoms with Gasteiger partial charge in [-0.1, -0.05) is 19.3 Å². The van der Waals surface area contributed by atoms with Gasteiger partial charge in [0.15, 0.2) is 0 Å². The van der Waals surface area contributed by atoms with E-state index in [1.807, 2.05) is 24.3 Å². The van der Waals surface area contributed by atoms with Gasteiger partial charge in [0, 0.05) is 12.1 Å². The van der Waals surface area contributed by atoms with Crippen LogP contribution in [0, 0.1) is 5.41 Å². The third kappa shape index (κ3) is 1.76. The van der Waals surface area contributed by atoms with Crippen molar-refractivity contribution in [2.24, 2.45) is 5.41 Å². The van der Waals surface area contributed by atoms with Crippen LogP contribution in [-0.4, -0.2) is 18.6 Å². The summed E-state index contributed by atoms with van der Waals surface area (Å²) in [5.74, 6) is 1.16. The number of ether oxygens (including phenoxy) is 1. The van der Waals surface area contributed by atoms with Crippen LogP contribution in [0.5, 0.6) is 5.75 Å². The van der Waals surface area contributed by atoms with Crippen LogP contribution in [0.1, 0.15) is 51.4 Å². The highest BCUT2D eigenvalue weighted by atomic mass is 16.5. The van der Waals surface area contributed by atoms with Gasteiger partial charge in [0.25, 0.3) is 0 Å². The fourth-order valence-corrected chi connectivity index (χ4v) is 4.95. The largest absolute Gasteiger partial charge is 0.497 e. The molecule has 1 aliphatic heterocycles. The molecule has 112 valence electrons. The van der Waals surface area contributed by atoms with Crippen LogP contribution >= 0.6 is 0 Å². The molecule has 21 heavy (non-hydrogen) atoms. The second-order valence-electron chi connectivity index (χ2n) is 6.98.